The van der Waals surface area contributed by atoms with Gasteiger partial charge in [0.05, 0.1) is 18.2 Å². The Bertz CT molecular complexity index is 701. The molecule has 0 aliphatic rings. The maximum Gasteiger partial charge on any atom is 0.573 e. The molecule has 4 nitrogen and oxygen atoms in total. The number of alkyl halides is 3. The van der Waals surface area contributed by atoms with Gasteiger partial charge in [0.2, 0.25) is 5.95 Å². The molecule has 2 aromatic rings. The van der Waals surface area contributed by atoms with E-state index in [4.69, 9.17) is 0 Å². The molecule has 0 unspecified atom stereocenters. The smallest absolute Gasteiger partial charge is 0.465 e. The first-order valence-corrected chi connectivity index (χ1v) is 5.91. The monoisotopic (exact) mass is 315 g/mol. The third-order valence-corrected chi connectivity index (χ3v) is 2.67. The lowest BCUT2D eigenvalue weighted by Crippen LogP contribution is -2.17. The van der Waals surface area contributed by atoms with E-state index >= 15 is 0 Å². The molecule has 1 aromatic carbocycles. The number of carbonyl (C=O) groups is 1. The Morgan fingerprint density at radius 1 is 1.23 bits per heavy atom. The minimum absolute atomic E-state index is 0.00718. The number of methoxy groups -OCH3 is 1. The van der Waals surface area contributed by atoms with Gasteiger partial charge in [-0.2, -0.15) is 4.39 Å². The molecule has 0 radical (unpaired) electrons. The first-order valence-electron chi connectivity index (χ1n) is 5.91. The molecule has 8 heteroatoms. The van der Waals surface area contributed by atoms with E-state index < -0.39 is 24.0 Å². The summed E-state index contributed by atoms with van der Waals surface area (Å²) in [7, 11) is 1.10. The highest BCUT2D eigenvalue weighted by atomic mass is 19.4. The van der Waals surface area contributed by atoms with Crippen LogP contribution in [0.4, 0.5) is 17.6 Å². The van der Waals surface area contributed by atoms with Crippen LogP contribution in [-0.2, 0) is 4.74 Å². The molecule has 0 N–H and O–H groups in total. The van der Waals surface area contributed by atoms with E-state index in [2.05, 4.69) is 14.5 Å². The standard InChI is InChI=1S/C14H9F4NO3/c1-21-13(20)10-5-6-19-12(15)11(10)8-3-2-4-9(7-8)22-14(16,17)18/h2-7H,1H3. The first kappa shape index (κ1) is 15.7. The highest BCUT2D eigenvalue weighted by Gasteiger charge is 2.31. The molecule has 22 heavy (non-hydrogen) atoms. The van der Waals surface area contributed by atoms with Gasteiger partial charge in [0.25, 0.3) is 0 Å². The maximum atomic E-state index is 13.9. The minimum atomic E-state index is -4.88. The average Bonchev–Trinajstić information content (AvgIpc) is 2.44. The van der Waals surface area contributed by atoms with Crippen LogP contribution in [0.5, 0.6) is 5.75 Å². The predicted octanol–water partition coefficient (Wildman–Crippen LogP) is 3.57. The molecule has 0 amide bonds. The summed E-state index contributed by atoms with van der Waals surface area (Å²) in [6.07, 6.45) is -3.82. The van der Waals surface area contributed by atoms with Gasteiger partial charge in [-0.05, 0) is 23.8 Å². The maximum absolute atomic E-state index is 13.9. The van der Waals surface area contributed by atoms with Crippen molar-refractivity contribution in [3.05, 3.63) is 48.0 Å². The van der Waals surface area contributed by atoms with Crippen molar-refractivity contribution < 1.29 is 31.8 Å². The number of aromatic nitrogens is 1. The third-order valence-electron chi connectivity index (χ3n) is 2.67. The molecule has 0 spiro atoms. The quantitative estimate of drug-likeness (QED) is 0.493. The zero-order valence-corrected chi connectivity index (χ0v) is 11.1. The van der Waals surface area contributed by atoms with Crippen molar-refractivity contribution in [3.8, 4) is 16.9 Å². The topological polar surface area (TPSA) is 48.4 Å². The van der Waals surface area contributed by atoms with Gasteiger partial charge < -0.3 is 9.47 Å². The SMILES string of the molecule is COC(=O)c1ccnc(F)c1-c1cccc(OC(F)(F)F)c1. The molecule has 0 aliphatic heterocycles. The van der Waals surface area contributed by atoms with Crippen LogP contribution < -0.4 is 4.74 Å². The summed E-state index contributed by atoms with van der Waals surface area (Å²) in [5, 5.41) is 0. The first-order chi connectivity index (χ1) is 10.3. The lowest BCUT2D eigenvalue weighted by Gasteiger charge is -2.12. The number of pyridine rings is 1. The number of nitrogens with zero attached hydrogens (tertiary/aromatic N) is 1. The molecule has 0 atom stereocenters. The van der Waals surface area contributed by atoms with Gasteiger partial charge in [-0.1, -0.05) is 12.1 Å². The number of halogens is 4. The van der Waals surface area contributed by atoms with Gasteiger partial charge in [-0.3, -0.25) is 0 Å². The summed E-state index contributed by atoms with van der Waals surface area (Å²) >= 11 is 0. The van der Waals surface area contributed by atoms with Gasteiger partial charge in [-0.25, -0.2) is 9.78 Å². The van der Waals surface area contributed by atoms with Gasteiger partial charge >= 0.3 is 12.3 Å². The molecule has 0 fully saturated rings. The van der Waals surface area contributed by atoms with E-state index in [0.29, 0.717) is 0 Å². The average molecular weight is 315 g/mol. The lowest BCUT2D eigenvalue weighted by molar-refractivity contribution is -0.274. The molecule has 0 saturated heterocycles. The Kier molecular flexibility index (Phi) is 4.30. The zero-order chi connectivity index (χ0) is 16.3. The Hall–Kier alpha value is -2.64. The summed E-state index contributed by atoms with van der Waals surface area (Å²) in [6, 6.07) is 5.80. The van der Waals surface area contributed by atoms with Crippen molar-refractivity contribution in [3.63, 3.8) is 0 Å². The molecule has 0 bridgehead atoms. The van der Waals surface area contributed by atoms with Gasteiger partial charge in [0.1, 0.15) is 5.75 Å². The van der Waals surface area contributed by atoms with Crippen LogP contribution in [0.2, 0.25) is 0 Å². The zero-order valence-electron chi connectivity index (χ0n) is 11.1. The molecular weight excluding hydrogens is 306 g/mol. The summed E-state index contributed by atoms with van der Waals surface area (Å²) < 4.78 is 58.9. The van der Waals surface area contributed by atoms with Crippen molar-refractivity contribution >= 4 is 5.97 Å². The molecule has 1 heterocycles. The highest BCUT2D eigenvalue weighted by molar-refractivity contribution is 5.97. The highest BCUT2D eigenvalue weighted by Crippen LogP contribution is 2.31. The van der Waals surface area contributed by atoms with E-state index in [0.717, 1.165) is 25.4 Å². The number of rotatable bonds is 3. The molecule has 0 aliphatic carbocycles. The van der Waals surface area contributed by atoms with Crippen molar-refractivity contribution in [2.24, 2.45) is 0 Å². The molecular formula is C14H9F4NO3. The van der Waals surface area contributed by atoms with E-state index in [9.17, 15) is 22.4 Å². The van der Waals surface area contributed by atoms with Crippen molar-refractivity contribution in [1.29, 1.82) is 0 Å². The fraction of sp³-hybridized carbons (Fsp3) is 0.143. The number of hydrogen-bond donors (Lipinski definition) is 0. The lowest BCUT2D eigenvalue weighted by atomic mass is 10.0. The Morgan fingerprint density at radius 3 is 2.59 bits per heavy atom. The predicted molar refractivity (Wildman–Crippen MR) is 67.7 cm³/mol. The van der Waals surface area contributed by atoms with E-state index in [-0.39, 0.29) is 16.7 Å². The normalized spacial score (nSPS) is 11.1. The number of benzene rings is 1. The second-order valence-corrected chi connectivity index (χ2v) is 4.09. The van der Waals surface area contributed by atoms with Crippen LogP contribution in [0.1, 0.15) is 10.4 Å². The number of ether oxygens (including phenoxy) is 2. The van der Waals surface area contributed by atoms with Crippen LogP contribution in [0, 0.1) is 5.95 Å². The Labute approximate surface area is 122 Å². The fourth-order valence-electron chi connectivity index (χ4n) is 1.84. The second kappa shape index (κ2) is 6.00. The van der Waals surface area contributed by atoms with Crippen LogP contribution >= 0.6 is 0 Å². The van der Waals surface area contributed by atoms with Crippen molar-refractivity contribution in [1.82, 2.24) is 4.98 Å². The number of carbonyl (C=O) groups excluding carboxylic acids is 1. The van der Waals surface area contributed by atoms with E-state index in [1.165, 1.54) is 18.2 Å². The fourth-order valence-corrected chi connectivity index (χ4v) is 1.84. The minimum Gasteiger partial charge on any atom is -0.465 e. The van der Waals surface area contributed by atoms with Crippen LogP contribution in [0.3, 0.4) is 0 Å². The van der Waals surface area contributed by atoms with Crippen LogP contribution in [-0.4, -0.2) is 24.4 Å². The Balaban J connectivity index is 2.53. The Morgan fingerprint density at radius 2 is 1.95 bits per heavy atom. The summed E-state index contributed by atoms with van der Waals surface area (Å²) in [5.74, 6) is -2.38. The van der Waals surface area contributed by atoms with Crippen LogP contribution in [0.25, 0.3) is 11.1 Å². The van der Waals surface area contributed by atoms with E-state index in [1.54, 1.807) is 0 Å². The van der Waals surface area contributed by atoms with Gasteiger partial charge in [0, 0.05) is 6.20 Å². The molecule has 2 rings (SSSR count). The summed E-state index contributed by atoms with van der Waals surface area (Å²) in [5.41, 5.74) is -0.408. The van der Waals surface area contributed by atoms with Crippen molar-refractivity contribution in [2.45, 2.75) is 6.36 Å². The summed E-state index contributed by atoms with van der Waals surface area (Å²) in [6.45, 7) is 0. The number of esters is 1. The largest absolute Gasteiger partial charge is 0.573 e. The van der Waals surface area contributed by atoms with Crippen molar-refractivity contribution in [2.75, 3.05) is 7.11 Å². The van der Waals surface area contributed by atoms with E-state index in [1.807, 2.05) is 0 Å². The second-order valence-electron chi connectivity index (χ2n) is 4.09. The van der Waals surface area contributed by atoms with Crippen LogP contribution in [0.15, 0.2) is 36.5 Å². The van der Waals surface area contributed by atoms with Gasteiger partial charge in [0.15, 0.2) is 0 Å². The third kappa shape index (κ3) is 3.51. The molecule has 1 aromatic heterocycles. The molecule has 0 saturated carbocycles. The van der Waals surface area contributed by atoms with Gasteiger partial charge in [-0.15, -0.1) is 13.2 Å². The summed E-state index contributed by atoms with van der Waals surface area (Å²) in [4.78, 5) is 15.0. The number of hydrogen-bond acceptors (Lipinski definition) is 4. The molecule has 116 valence electrons.